The molecule has 0 heterocycles. The first kappa shape index (κ1) is 10.1. The zero-order chi connectivity index (χ0) is 9.84. The van der Waals surface area contributed by atoms with Gasteiger partial charge in [0.15, 0.2) is 5.75 Å². The van der Waals surface area contributed by atoms with Gasteiger partial charge in [0.05, 0.1) is 5.02 Å². The van der Waals surface area contributed by atoms with Gasteiger partial charge in [0, 0.05) is 4.47 Å². The van der Waals surface area contributed by atoms with E-state index < -0.39 is 6.09 Å². The number of halogens is 2. The Bertz CT molecular complexity index is 332. The summed E-state index contributed by atoms with van der Waals surface area (Å²) < 4.78 is 0.749. The third kappa shape index (κ3) is 3.12. The van der Waals surface area contributed by atoms with Crippen LogP contribution in [0.3, 0.4) is 0 Å². The number of carbonyl (C=O) groups is 1. The van der Waals surface area contributed by atoms with Crippen LogP contribution in [-0.4, -0.2) is 11.2 Å². The molecular formula is C7H5BrClNO3. The third-order valence-corrected chi connectivity index (χ3v) is 1.95. The predicted octanol–water partition coefficient (Wildman–Crippen LogP) is 2.66. The Morgan fingerprint density at radius 3 is 2.92 bits per heavy atom. The Morgan fingerprint density at radius 2 is 2.31 bits per heavy atom. The lowest BCUT2D eigenvalue weighted by Crippen LogP contribution is -2.24. The number of nitrogens with one attached hydrogen (secondary N) is 1. The number of rotatable bonds is 2. The van der Waals surface area contributed by atoms with Crippen LogP contribution in [0.25, 0.3) is 0 Å². The topological polar surface area (TPSA) is 58.6 Å². The molecule has 6 heteroatoms. The standard InChI is InChI=1S/C7H5BrClNO3/c8-4-1-2-5(9)6(3-4)13-10-7(11)12/h1-3,10H,(H,11,12). The lowest BCUT2D eigenvalue weighted by atomic mass is 10.3. The van der Waals surface area contributed by atoms with Gasteiger partial charge in [-0.3, -0.25) is 0 Å². The monoisotopic (exact) mass is 265 g/mol. The maximum Gasteiger partial charge on any atom is 0.438 e. The van der Waals surface area contributed by atoms with Crippen molar-refractivity contribution in [2.75, 3.05) is 0 Å². The molecule has 0 spiro atoms. The summed E-state index contributed by atoms with van der Waals surface area (Å²) >= 11 is 8.89. The molecule has 0 unspecified atom stereocenters. The number of hydroxylamine groups is 1. The Labute approximate surface area is 87.5 Å². The summed E-state index contributed by atoms with van der Waals surface area (Å²) in [5, 5.41) is 8.57. The molecule has 1 aromatic rings. The van der Waals surface area contributed by atoms with E-state index in [1.165, 1.54) is 0 Å². The minimum atomic E-state index is -1.28. The summed E-state index contributed by atoms with van der Waals surface area (Å²) in [4.78, 5) is 14.7. The SMILES string of the molecule is O=C(O)NOc1cc(Br)ccc1Cl. The van der Waals surface area contributed by atoms with Crippen LogP contribution >= 0.6 is 27.5 Å². The van der Waals surface area contributed by atoms with Gasteiger partial charge in [0.1, 0.15) is 0 Å². The van der Waals surface area contributed by atoms with E-state index in [4.69, 9.17) is 16.7 Å². The molecule has 2 N–H and O–H groups in total. The van der Waals surface area contributed by atoms with Crippen LogP contribution in [-0.2, 0) is 0 Å². The zero-order valence-corrected chi connectivity index (χ0v) is 8.59. The van der Waals surface area contributed by atoms with Crippen LogP contribution < -0.4 is 10.3 Å². The van der Waals surface area contributed by atoms with Gasteiger partial charge in [-0.1, -0.05) is 27.5 Å². The lowest BCUT2D eigenvalue weighted by Gasteiger charge is -2.05. The lowest BCUT2D eigenvalue weighted by molar-refractivity contribution is 0.136. The zero-order valence-electron chi connectivity index (χ0n) is 6.25. The maximum atomic E-state index is 10.1. The Hall–Kier alpha value is -0.940. The quantitative estimate of drug-likeness (QED) is 0.809. The average Bonchev–Trinajstić information content (AvgIpc) is 2.06. The molecule has 0 aliphatic rings. The van der Waals surface area contributed by atoms with E-state index >= 15 is 0 Å². The second-order valence-electron chi connectivity index (χ2n) is 2.08. The minimum absolute atomic E-state index is 0.249. The second-order valence-corrected chi connectivity index (χ2v) is 3.41. The normalized spacial score (nSPS) is 9.38. The van der Waals surface area contributed by atoms with Crippen molar-refractivity contribution in [1.29, 1.82) is 0 Å². The number of amides is 1. The minimum Gasteiger partial charge on any atom is -0.463 e. The molecule has 0 aliphatic carbocycles. The van der Waals surface area contributed by atoms with Crippen molar-refractivity contribution in [3.8, 4) is 5.75 Å². The Kier molecular flexibility index (Phi) is 3.39. The first-order valence-corrected chi connectivity index (χ1v) is 4.37. The molecule has 70 valence electrons. The second kappa shape index (κ2) is 4.34. The molecule has 1 amide bonds. The number of carboxylic acid groups (broad SMARTS) is 1. The van der Waals surface area contributed by atoms with Crippen molar-refractivity contribution in [3.63, 3.8) is 0 Å². The van der Waals surface area contributed by atoms with Crippen molar-refractivity contribution in [3.05, 3.63) is 27.7 Å². The van der Waals surface area contributed by atoms with Crippen LogP contribution in [0.1, 0.15) is 0 Å². The van der Waals surface area contributed by atoms with E-state index in [1.807, 2.05) is 0 Å². The van der Waals surface area contributed by atoms with Crippen LogP contribution in [0.4, 0.5) is 4.79 Å². The fraction of sp³-hybridized carbons (Fsp3) is 0. The molecule has 0 bridgehead atoms. The predicted molar refractivity (Wildman–Crippen MR) is 50.9 cm³/mol. The molecule has 0 saturated heterocycles. The van der Waals surface area contributed by atoms with Gasteiger partial charge in [0.2, 0.25) is 0 Å². The summed E-state index contributed by atoms with van der Waals surface area (Å²) in [5.74, 6) is 0.249. The molecule has 4 nitrogen and oxygen atoms in total. The first-order valence-electron chi connectivity index (χ1n) is 3.20. The molecule has 1 rings (SSSR count). The van der Waals surface area contributed by atoms with Gasteiger partial charge in [-0.2, -0.15) is 5.48 Å². The van der Waals surface area contributed by atoms with Gasteiger partial charge in [-0.25, -0.2) is 4.79 Å². The van der Waals surface area contributed by atoms with Crippen molar-refractivity contribution in [2.45, 2.75) is 0 Å². The highest BCUT2D eigenvalue weighted by Crippen LogP contribution is 2.27. The summed E-state index contributed by atoms with van der Waals surface area (Å²) in [6, 6.07) is 4.86. The molecular weight excluding hydrogens is 261 g/mol. The highest BCUT2D eigenvalue weighted by atomic mass is 79.9. The highest BCUT2D eigenvalue weighted by molar-refractivity contribution is 9.10. The van der Waals surface area contributed by atoms with Crippen molar-refractivity contribution in [1.82, 2.24) is 5.48 Å². The van der Waals surface area contributed by atoms with E-state index in [2.05, 4.69) is 20.8 Å². The van der Waals surface area contributed by atoms with Crippen molar-refractivity contribution in [2.24, 2.45) is 0 Å². The molecule has 0 saturated carbocycles. The molecule has 13 heavy (non-hydrogen) atoms. The molecule has 0 atom stereocenters. The number of hydrogen-bond acceptors (Lipinski definition) is 2. The molecule has 0 aromatic heterocycles. The van der Waals surface area contributed by atoms with Crippen LogP contribution in [0.2, 0.25) is 5.02 Å². The first-order chi connectivity index (χ1) is 6.09. The van der Waals surface area contributed by atoms with Crippen LogP contribution in [0.5, 0.6) is 5.75 Å². The smallest absolute Gasteiger partial charge is 0.438 e. The summed E-state index contributed by atoms with van der Waals surface area (Å²) in [6.07, 6.45) is -1.28. The van der Waals surface area contributed by atoms with E-state index in [9.17, 15) is 4.79 Å². The van der Waals surface area contributed by atoms with Crippen LogP contribution in [0, 0.1) is 0 Å². The van der Waals surface area contributed by atoms with E-state index in [-0.39, 0.29) is 5.75 Å². The molecule has 0 fully saturated rings. The summed E-state index contributed by atoms with van der Waals surface area (Å²) in [6.45, 7) is 0. The maximum absolute atomic E-state index is 10.1. The summed E-state index contributed by atoms with van der Waals surface area (Å²) in [7, 11) is 0. The molecule has 1 aromatic carbocycles. The Morgan fingerprint density at radius 1 is 1.62 bits per heavy atom. The highest BCUT2D eigenvalue weighted by Gasteiger charge is 2.03. The van der Waals surface area contributed by atoms with Crippen molar-refractivity contribution >= 4 is 33.6 Å². The van der Waals surface area contributed by atoms with Gasteiger partial charge in [-0.15, -0.1) is 0 Å². The number of benzene rings is 1. The number of hydrogen-bond donors (Lipinski definition) is 2. The van der Waals surface area contributed by atoms with Gasteiger partial charge >= 0.3 is 6.09 Å². The molecule has 0 radical (unpaired) electrons. The van der Waals surface area contributed by atoms with Crippen LogP contribution in [0.15, 0.2) is 22.7 Å². The average molecular weight is 266 g/mol. The largest absolute Gasteiger partial charge is 0.463 e. The fourth-order valence-electron chi connectivity index (χ4n) is 0.654. The van der Waals surface area contributed by atoms with E-state index in [0.717, 1.165) is 4.47 Å². The van der Waals surface area contributed by atoms with Gasteiger partial charge in [0.25, 0.3) is 0 Å². The van der Waals surface area contributed by atoms with Gasteiger partial charge < -0.3 is 9.94 Å². The molecule has 0 aliphatic heterocycles. The third-order valence-electron chi connectivity index (χ3n) is 1.14. The van der Waals surface area contributed by atoms with Crippen molar-refractivity contribution < 1.29 is 14.7 Å². The van der Waals surface area contributed by atoms with E-state index in [1.54, 1.807) is 23.7 Å². The fourth-order valence-corrected chi connectivity index (χ4v) is 1.15. The van der Waals surface area contributed by atoms with E-state index in [0.29, 0.717) is 5.02 Å². The summed E-state index contributed by atoms with van der Waals surface area (Å²) in [5.41, 5.74) is 1.74. The van der Waals surface area contributed by atoms with Gasteiger partial charge in [-0.05, 0) is 18.2 Å². The Balaban J connectivity index is 2.75.